The zero-order chi connectivity index (χ0) is 14.8. The predicted molar refractivity (Wildman–Crippen MR) is 57.6 cm³/mol. The SMILES string of the molecule is COC(=O)C[C@H](NC(=O)CCOCC(F)F)C(=O)O. The smallest absolute Gasteiger partial charge is 0.326 e. The maximum Gasteiger partial charge on any atom is 0.326 e. The normalized spacial score (nSPS) is 12.0. The van der Waals surface area contributed by atoms with Crippen molar-refractivity contribution < 1.29 is 37.7 Å². The third kappa shape index (κ3) is 8.89. The molecule has 0 saturated carbocycles. The van der Waals surface area contributed by atoms with Crippen molar-refractivity contribution in [1.29, 1.82) is 0 Å². The molecule has 0 aliphatic carbocycles. The number of hydrogen-bond donors (Lipinski definition) is 2. The van der Waals surface area contributed by atoms with E-state index in [1.165, 1.54) is 0 Å². The van der Waals surface area contributed by atoms with Crippen molar-refractivity contribution in [3.05, 3.63) is 0 Å². The van der Waals surface area contributed by atoms with Gasteiger partial charge in [-0.05, 0) is 0 Å². The van der Waals surface area contributed by atoms with Crippen LogP contribution in [0.25, 0.3) is 0 Å². The lowest BCUT2D eigenvalue weighted by Crippen LogP contribution is -2.42. The highest BCUT2D eigenvalue weighted by atomic mass is 19.3. The van der Waals surface area contributed by atoms with Crippen molar-refractivity contribution >= 4 is 17.8 Å². The lowest BCUT2D eigenvalue weighted by molar-refractivity contribution is -0.148. The average molecular weight is 283 g/mol. The van der Waals surface area contributed by atoms with Gasteiger partial charge in [0.2, 0.25) is 5.91 Å². The summed E-state index contributed by atoms with van der Waals surface area (Å²) in [6, 6.07) is -1.42. The van der Waals surface area contributed by atoms with Crippen molar-refractivity contribution in [2.24, 2.45) is 0 Å². The third-order valence-electron chi connectivity index (χ3n) is 1.95. The Morgan fingerprint density at radius 1 is 1.32 bits per heavy atom. The first-order chi connectivity index (χ1) is 8.86. The summed E-state index contributed by atoms with van der Waals surface area (Å²) in [6.45, 7) is -1.06. The van der Waals surface area contributed by atoms with Gasteiger partial charge in [-0.25, -0.2) is 13.6 Å². The molecular formula is C10H15F2NO6. The lowest BCUT2D eigenvalue weighted by Gasteiger charge is -2.13. The summed E-state index contributed by atoms with van der Waals surface area (Å²) in [7, 11) is 1.08. The van der Waals surface area contributed by atoms with Gasteiger partial charge in [0.05, 0.1) is 20.1 Å². The minimum atomic E-state index is -2.63. The number of rotatable bonds is 9. The molecule has 0 heterocycles. The van der Waals surface area contributed by atoms with Gasteiger partial charge in [0.25, 0.3) is 6.43 Å². The molecule has 0 radical (unpaired) electrons. The second kappa shape index (κ2) is 9.20. The number of nitrogens with one attached hydrogen (secondary N) is 1. The fraction of sp³-hybridized carbons (Fsp3) is 0.700. The van der Waals surface area contributed by atoms with Gasteiger partial charge in [0.1, 0.15) is 12.6 Å². The van der Waals surface area contributed by atoms with E-state index in [2.05, 4.69) is 14.8 Å². The highest BCUT2D eigenvalue weighted by Crippen LogP contribution is 1.97. The van der Waals surface area contributed by atoms with Crippen LogP contribution in [0.15, 0.2) is 0 Å². The number of esters is 1. The lowest BCUT2D eigenvalue weighted by atomic mass is 10.2. The maximum atomic E-state index is 11.7. The number of halogens is 2. The summed E-state index contributed by atoms with van der Waals surface area (Å²) >= 11 is 0. The summed E-state index contributed by atoms with van der Waals surface area (Å²) in [5.41, 5.74) is 0. The van der Waals surface area contributed by atoms with Crippen LogP contribution in [0.4, 0.5) is 8.78 Å². The van der Waals surface area contributed by atoms with Crippen molar-refractivity contribution in [1.82, 2.24) is 5.32 Å². The topological polar surface area (TPSA) is 102 Å². The highest BCUT2D eigenvalue weighted by Gasteiger charge is 2.23. The van der Waals surface area contributed by atoms with Gasteiger partial charge >= 0.3 is 11.9 Å². The molecule has 0 aromatic carbocycles. The second-order valence-electron chi connectivity index (χ2n) is 3.45. The van der Waals surface area contributed by atoms with E-state index in [-0.39, 0.29) is 13.0 Å². The van der Waals surface area contributed by atoms with Crippen LogP contribution in [0.2, 0.25) is 0 Å². The van der Waals surface area contributed by atoms with E-state index in [1.807, 2.05) is 0 Å². The standard InChI is InChI=1S/C10H15F2NO6/c1-18-9(15)4-6(10(16)17)13-8(14)2-3-19-5-7(11)12/h6-7H,2-5H2,1H3,(H,13,14)(H,16,17)/t6-/m0/s1. The van der Waals surface area contributed by atoms with Gasteiger partial charge in [0, 0.05) is 6.42 Å². The van der Waals surface area contributed by atoms with Gasteiger partial charge in [-0.15, -0.1) is 0 Å². The van der Waals surface area contributed by atoms with Gasteiger partial charge in [-0.3, -0.25) is 9.59 Å². The summed E-state index contributed by atoms with van der Waals surface area (Å²) in [6.07, 6.45) is -3.43. The zero-order valence-corrected chi connectivity index (χ0v) is 10.2. The largest absolute Gasteiger partial charge is 0.480 e. The van der Waals surface area contributed by atoms with E-state index in [1.54, 1.807) is 0 Å². The summed E-state index contributed by atoms with van der Waals surface area (Å²) in [5, 5.41) is 10.8. The van der Waals surface area contributed by atoms with E-state index in [0.29, 0.717) is 0 Å². The number of carboxylic acid groups (broad SMARTS) is 1. The molecule has 0 saturated heterocycles. The van der Waals surface area contributed by atoms with E-state index >= 15 is 0 Å². The van der Waals surface area contributed by atoms with E-state index in [9.17, 15) is 23.2 Å². The molecular weight excluding hydrogens is 268 g/mol. The van der Waals surface area contributed by atoms with Crippen molar-refractivity contribution in [2.75, 3.05) is 20.3 Å². The number of carbonyl (C=O) groups excluding carboxylic acids is 2. The zero-order valence-electron chi connectivity index (χ0n) is 10.2. The molecule has 0 aliphatic rings. The molecule has 110 valence electrons. The number of carboxylic acids is 1. The number of amides is 1. The van der Waals surface area contributed by atoms with Gasteiger partial charge in [-0.2, -0.15) is 0 Å². The van der Waals surface area contributed by atoms with E-state index < -0.39 is 43.3 Å². The Kier molecular flexibility index (Phi) is 8.34. The molecule has 1 amide bonds. The first-order valence-corrected chi connectivity index (χ1v) is 5.31. The van der Waals surface area contributed by atoms with E-state index in [0.717, 1.165) is 7.11 Å². The minimum Gasteiger partial charge on any atom is -0.480 e. The molecule has 0 bridgehead atoms. The van der Waals surface area contributed by atoms with Gasteiger partial charge < -0.3 is 19.9 Å². The Morgan fingerprint density at radius 3 is 2.42 bits per heavy atom. The van der Waals surface area contributed by atoms with Crippen LogP contribution in [0.5, 0.6) is 0 Å². The predicted octanol–water partition coefficient (Wildman–Crippen LogP) is -0.209. The Hall–Kier alpha value is -1.77. The summed E-state index contributed by atoms with van der Waals surface area (Å²) < 4.78 is 32.1. The first-order valence-electron chi connectivity index (χ1n) is 5.31. The molecule has 0 aromatic rings. The molecule has 0 rings (SSSR count). The molecule has 1 atom stereocenters. The van der Waals surface area contributed by atoms with Crippen LogP contribution >= 0.6 is 0 Å². The number of carbonyl (C=O) groups is 3. The van der Waals surface area contributed by atoms with Crippen molar-refractivity contribution in [3.8, 4) is 0 Å². The van der Waals surface area contributed by atoms with Crippen LogP contribution in [0.1, 0.15) is 12.8 Å². The Bertz CT molecular complexity index is 323. The van der Waals surface area contributed by atoms with E-state index in [4.69, 9.17) is 5.11 Å². The van der Waals surface area contributed by atoms with Gasteiger partial charge in [-0.1, -0.05) is 0 Å². The second-order valence-corrected chi connectivity index (χ2v) is 3.45. The van der Waals surface area contributed by atoms with Gasteiger partial charge in [0.15, 0.2) is 0 Å². The van der Waals surface area contributed by atoms with Crippen LogP contribution in [0.3, 0.4) is 0 Å². The van der Waals surface area contributed by atoms with Crippen molar-refractivity contribution in [3.63, 3.8) is 0 Å². The fourth-order valence-corrected chi connectivity index (χ4v) is 1.05. The molecule has 9 heteroatoms. The monoisotopic (exact) mass is 283 g/mol. The third-order valence-corrected chi connectivity index (χ3v) is 1.95. The fourth-order valence-electron chi connectivity index (χ4n) is 1.05. The first kappa shape index (κ1) is 17.2. The van der Waals surface area contributed by atoms with Crippen LogP contribution in [0, 0.1) is 0 Å². The molecule has 0 fully saturated rings. The molecule has 0 aromatic heterocycles. The molecule has 0 spiro atoms. The highest BCUT2D eigenvalue weighted by molar-refractivity contribution is 5.87. The number of hydrogen-bond acceptors (Lipinski definition) is 5. The number of aliphatic carboxylic acids is 1. The van der Waals surface area contributed by atoms with Crippen molar-refractivity contribution in [2.45, 2.75) is 25.3 Å². The van der Waals surface area contributed by atoms with Crippen LogP contribution in [-0.4, -0.2) is 55.7 Å². The Balaban J connectivity index is 4.04. The Morgan fingerprint density at radius 2 is 1.95 bits per heavy atom. The molecule has 7 nitrogen and oxygen atoms in total. The maximum absolute atomic E-state index is 11.7. The van der Waals surface area contributed by atoms with Crippen LogP contribution in [-0.2, 0) is 23.9 Å². The molecule has 0 aliphatic heterocycles. The van der Waals surface area contributed by atoms with Crippen LogP contribution < -0.4 is 5.32 Å². The summed E-state index contributed by atoms with van der Waals surface area (Å²) in [4.78, 5) is 32.9. The number of ether oxygens (including phenoxy) is 2. The average Bonchev–Trinajstić information content (AvgIpc) is 2.33. The molecule has 19 heavy (non-hydrogen) atoms. The minimum absolute atomic E-state index is 0.263. The Labute approximate surface area is 107 Å². The summed E-state index contributed by atoms with van der Waals surface area (Å²) in [5.74, 6) is -2.90. The molecule has 2 N–H and O–H groups in total. The quantitative estimate of drug-likeness (QED) is 0.448. The molecule has 0 unspecified atom stereocenters. The number of methoxy groups -OCH3 is 1. The number of alkyl halides is 2.